The highest BCUT2D eigenvalue weighted by Crippen LogP contribution is 2.25. The minimum absolute atomic E-state index is 0.158. The fourth-order valence-corrected chi connectivity index (χ4v) is 2.89. The predicted octanol–water partition coefficient (Wildman–Crippen LogP) is 3.85. The quantitative estimate of drug-likeness (QED) is 0.771. The summed E-state index contributed by atoms with van der Waals surface area (Å²) >= 11 is 3.28. The van der Waals surface area contributed by atoms with Crippen molar-refractivity contribution in [1.29, 1.82) is 0 Å². The van der Waals surface area contributed by atoms with Gasteiger partial charge in [0.05, 0.1) is 5.56 Å². The van der Waals surface area contributed by atoms with Crippen molar-refractivity contribution in [2.45, 2.75) is 32.7 Å². The van der Waals surface area contributed by atoms with E-state index in [1.165, 1.54) is 6.07 Å². The van der Waals surface area contributed by atoms with Gasteiger partial charge in [0.1, 0.15) is 5.82 Å². The third-order valence-corrected chi connectivity index (χ3v) is 4.05. The van der Waals surface area contributed by atoms with E-state index in [2.05, 4.69) is 22.9 Å². The molecule has 4 heteroatoms. The molecule has 1 fully saturated rings. The molecule has 2 unspecified atom stereocenters. The Kier molecular flexibility index (Phi) is 4.05. The molecule has 1 aliphatic rings. The molecule has 1 aliphatic heterocycles. The van der Waals surface area contributed by atoms with E-state index in [0.29, 0.717) is 12.5 Å². The van der Waals surface area contributed by atoms with Gasteiger partial charge in [0.2, 0.25) is 0 Å². The largest absolute Gasteiger partial charge is 0.336 e. The zero-order valence-corrected chi connectivity index (χ0v) is 12.2. The first-order chi connectivity index (χ1) is 8.49. The van der Waals surface area contributed by atoms with Crippen LogP contribution in [0.15, 0.2) is 22.7 Å². The van der Waals surface area contributed by atoms with Gasteiger partial charge in [-0.3, -0.25) is 4.79 Å². The Bertz CT molecular complexity index is 463. The molecule has 0 aliphatic carbocycles. The standard InChI is InChI=1S/C14H17BrFNO/c1-9-5-6-17(10(2)7-9)14(18)12-8-11(15)3-4-13(12)16/h3-4,8-10H,5-7H2,1-2H3. The Morgan fingerprint density at radius 3 is 2.83 bits per heavy atom. The number of rotatable bonds is 1. The van der Waals surface area contributed by atoms with Crippen LogP contribution in [-0.4, -0.2) is 23.4 Å². The number of halogens is 2. The van der Waals surface area contributed by atoms with Crippen molar-refractivity contribution in [2.75, 3.05) is 6.54 Å². The molecule has 2 rings (SSSR count). The second kappa shape index (κ2) is 5.39. The first-order valence-electron chi connectivity index (χ1n) is 6.25. The van der Waals surface area contributed by atoms with E-state index in [9.17, 15) is 9.18 Å². The number of benzene rings is 1. The lowest BCUT2D eigenvalue weighted by Gasteiger charge is -2.36. The summed E-state index contributed by atoms with van der Waals surface area (Å²) in [6, 6.07) is 4.67. The Morgan fingerprint density at radius 2 is 2.17 bits per heavy atom. The van der Waals surface area contributed by atoms with Crippen LogP contribution in [0.1, 0.15) is 37.0 Å². The van der Waals surface area contributed by atoms with Gasteiger partial charge in [-0.1, -0.05) is 22.9 Å². The smallest absolute Gasteiger partial charge is 0.257 e. The number of nitrogens with zero attached hydrogens (tertiary/aromatic N) is 1. The summed E-state index contributed by atoms with van der Waals surface area (Å²) in [5, 5.41) is 0. The van der Waals surface area contributed by atoms with Crippen LogP contribution in [0.2, 0.25) is 0 Å². The van der Waals surface area contributed by atoms with Crippen molar-refractivity contribution in [3.05, 3.63) is 34.1 Å². The molecule has 0 bridgehead atoms. The van der Waals surface area contributed by atoms with Crippen LogP contribution in [0.4, 0.5) is 4.39 Å². The number of hydrogen-bond donors (Lipinski definition) is 0. The molecule has 0 radical (unpaired) electrons. The molecular formula is C14H17BrFNO. The van der Waals surface area contributed by atoms with Crippen molar-refractivity contribution in [3.63, 3.8) is 0 Å². The molecule has 1 saturated heterocycles. The van der Waals surface area contributed by atoms with Gasteiger partial charge in [-0.25, -0.2) is 4.39 Å². The summed E-state index contributed by atoms with van der Waals surface area (Å²) < 4.78 is 14.4. The maximum absolute atomic E-state index is 13.7. The van der Waals surface area contributed by atoms with Crippen LogP contribution in [0.25, 0.3) is 0 Å². The zero-order chi connectivity index (χ0) is 13.3. The minimum atomic E-state index is -0.450. The number of hydrogen-bond acceptors (Lipinski definition) is 1. The summed E-state index contributed by atoms with van der Waals surface area (Å²) in [5.74, 6) is -0.0152. The van der Waals surface area contributed by atoms with E-state index < -0.39 is 5.82 Å². The fourth-order valence-electron chi connectivity index (χ4n) is 2.53. The van der Waals surface area contributed by atoms with Crippen molar-refractivity contribution >= 4 is 21.8 Å². The summed E-state index contributed by atoms with van der Waals surface area (Å²) in [7, 11) is 0. The maximum atomic E-state index is 13.7. The van der Waals surface area contributed by atoms with Crippen molar-refractivity contribution in [1.82, 2.24) is 4.90 Å². The van der Waals surface area contributed by atoms with Crippen LogP contribution in [0, 0.1) is 11.7 Å². The van der Waals surface area contributed by atoms with Crippen molar-refractivity contribution in [2.24, 2.45) is 5.92 Å². The average molecular weight is 314 g/mol. The lowest BCUT2D eigenvalue weighted by molar-refractivity contribution is 0.0584. The molecule has 0 aromatic heterocycles. The lowest BCUT2D eigenvalue weighted by atomic mass is 9.93. The van der Waals surface area contributed by atoms with Crippen molar-refractivity contribution in [3.8, 4) is 0 Å². The van der Waals surface area contributed by atoms with Crippen LogP contribution in [-0.2, 0) is 0 Å². The number of carbonyl (C=O) groups is 1. The average Bonchev–Trinajstić information content (AvgIpc) is 2.31. The molecule has 1 aromatic carbocycles. The Balaban J connectivity index is 2.23. The number of piperidine rings is 1. The second-order valence-electron chi connectivity index (χ2n) is 5.10. The van der Waals surface area contributed by atoms with Gasteiger partial charge in [-0.2, -0.15) is 0 Å². The van der Waals surface area contributed by atoms with Gasteiger partial charge < -0.3 is 4.90 Å². The molecule has 0 N–H and O–H groups in total. The van der Waals surface area contributed by atoms with Crippen LogP contribution in [0.5, 0.6) is 0 Å². The second-order valence-corrected chi connectivity index (χ2v) is 6.02. The predicted molar refractivity (Wildman–Crippen MR) is 73.0 cm³/mol. The monoisotopic (exact) mass is 313 g/mol. The van der Waals surface area contributed by atoms with Crippen molar-refractivity contribution < 1.29 is 9.18 Å². The van der Waals surface area contributed by atoms with E-state index in [1.54, 1.807) is 17.0 Å². The molecule has 0 spiro atoms. The number of amides is 1. The van der Waals surface area contributed by atoms with E-state index in [4.69, 9.17) is 0 Å². The molecule has 1 heterocycles. The molecular weight excluding hydrogens is 297 g/mol. The summed E-state index contributed by atoms with van der Waals surface area (Å²) in [4.78, 5) is 14.1. The first kappa shape index (κ1) is 13.5. The van der Waals surface area contributed by atoms with E-state index >= 15 is 0 Å². The molecule has 1 amide bonds. The van der Waals surface area contributed by atoms with E-state index in [1.807, 2.05) is 6.92 Å². The highest BCUT2D eigenvalue weighted by atomic mass is 79.9. The van der Waals surface area contributed by atoms with Gasteiger partial charge in [0.25, 0.3) is 5.91 Å². The SMILES string of the molecule is CC1CCN(C(=O)c2cc(Br)ccc2F)C(C)C1. The Hall–Kier alpha value is -0.900. The molecule has 98 valence electrons. The minimum Gasteiger partial charge on any atom is -0.336 e. The van der Waals surface area contributed by atoms with Gasteiger partial charge in [-0.05, 0) is 43.9 Å². The maximum Gasteiger partial charge on any atom is 0.257 e. The Morgan fingerprint density at radius 1 is 1.44 bits per heavy atom. The summed E-state index contributed by atoms with van der Waals surface area (Å²) in [6.45, 7) is 4.94. The van der Waals surface area contributed by atoms with Crippen LogP contribution in [0.3, 0.4) is 0 Å². The lowest BCUT2D eigenvalue weighted by Crippen LogP contribution is -2.44. The van der Waals surface area contributed by atoms with E-state index in [-0.39, 0.29) is 17.5 Å². The Labute approximate surface area is 115 Å². The van der Waals surface area contributed by atoms with E-state index in [0.717, 1.165) is 17.3 Å². The summed E-state index contributed by atoms with van der Waals surface area (Å²) in [5.41, 5.74) is 0.158. The van der Waals surface area contributed by atoms with Crippen LogP contribution >= 0.6 is 15.9 Å². The molecule has 0 saturated carbocycles. The third-order valence-electron chi connectivity index (χ3n) is 3.56. The van der Waals surface area contributed by atoms with Gasteiger partial charge in [0.15, 0.2) is 0 Å². The first-order valence-corrected chi connectivity index (χ1v) is 7.04. The molecule has 1 aromatic rings. The van der Waals surface area contributed by atoms with Gasteiger partial charge >= 0.3 is 0 Å². The fraction of sp³-hybridized carbons (Fsp3) is 0.500. The highest BCUT2D eigenvalue weighted by molar-refractivity contribution is 9.10. The topological polar surface area (TPSA) is 20.3 Å². The molecule has 2 atom stereocenters. The molecule has 2 nitrogen and oxygen atoms in total. The normalized spacial score (nSPS) is 24.1. The molecule has 18 heavy (non-hydrogen) atoms. The summed E-state index contributed by atoms with van der Waals surface area (Å²) in [6.07, 6.45) is 1.98. The van der Waals surface area contributed by atoms with Gasteiger partial charge in [-0.15, -0.1) is 0 Å². The van der Waals surface area contributed by atoms with Gasteiger partial charge in [0, 0.05) is 17.1 Å². The third kappa shape index (κ3) is 2.74. The van der Waals surface area contributed by atoms with Crippen LogP contribution < -0.4 is 0 Å². The number of likely N-dealkylation sites (tertiary alicyclic amines) is 1. The zero-order valence-electron chi connectivity index (χ0n) is 10.6. The number of carbonyl (C=O) groups excluding carboxylic acids is 1. The highest BCUT2D eigenvalue weighted by Gasteiger charge is 2.28.